The van der Waals surface area contributed by atoms with Crippen molar-refractivity contribution >= 4 is 11.8 Å². The first-order valence-electron chi connectivity index (χ1n) is 13.2. The molecule has 3 aromatic carbocycles. The molecular weight excluding hydrogens is 495 g/mol. The van der Waals surface area contributed by atoms with E-state index in [1.54, 1.807) is 29.2 Å². The van der Waals surface area contributed by atoms with Crippen molar-refractivity contribution in [2.75, 3.05) is 6.54 Å². The van der Waals surface area contributed by atoms with Crippen LogP contribution in [0.2, 0.25) is 0 Å². The van der Waals surface area contributed by atoms with Gasteiger partial charge < -0.3 is 19.4 Å². The summed E-state index contributed by atoms with van der Waals surface area (Å²) >= 11 is 0. The molecule has 200 valence electrons. The topological polar surface area (TPSA) is 71.8 Å². The Morgan fingerprint density at radius 3 is 2.62 bits per heavy atom. The molecule has 1 aromatic heterocycles. The molecule has 0 radical (unpaired) electrons. The van der Waals surface area contributed by atoms with Gasteiger partial charge in [-0.3, -0.25) is 9.59 Å². The van der Waals surface area contributed by atoms with Crippen LogP contribution < -0.4 is 10.1 Å². The highest BCUT2D eigenvalue weighted by atomic mass is 19.1. The fraction of sp³-hybridized carbons (Fsp3) is 0.250. The number of nitrogens with one attached hydrogen (secondary N) is 1. The molecule has 0 saturated carbocycles. The van der Waals surface area contributed by atoms with Crippen LogP contribution in [0.4, 0.5) is 4.39 Å². The molecule has 0 spiro atoms. The zero-order valence-electron chi connectivity index (χ0n) is 22.0. The molecule has 2 amide bonds. The Morgan fingerprint density at radius 1 is 1.08 bits per heavy atom. The van der Waals surface area contributed by atoms with E-state index in [0.717, 1.165) is 27.8 Å². The lowest BCUT2D eigenvalue weighted by atomic mass is 9.87. The summed E-state index contributed by atoms with van der Waals surface area (Å²) in [6.07, 6.45) is 1.93. The summed E-state index contributed by atoms with van der Waals surface area (Å²) in [7, 11) is 0. The monoisotopic (exact) mass is 526 g/mol. The van der Waals surface area contributed by atoms with Crippen LogP contribution in [0.15, 0.2) is 89.5 Å². The molecule has 1 N–H and O–H groups in total. The average Bonchev–Trinajstić information content (AvgIpc) is 3.49. The van der Waals surface area contributed by atoms with Gasteiger partial charge in [0.1, 0.15) is 11.6 Å². The fourth-order valence-corrected chi connectivity index (χ4v) is 5.04. The summed E-state index contributed by atoms with van der Waals surface area (Å²) in [5, 5.41) is 2.97. The van der Waals surface area contributed by atoms with Crippen LogP contribution >= 0.6 is 0 Å². The maximum atomic E-state index is 13.8. The normalized spacial score (nSPS) is 15.4. The standard InChI is InChI=1S/C32H31FN2O4/c1-3-28(31(36)34-20-22-7-4-6-21(2)18-22)39-26-14-11-23-15-16-35(32(37)29-8-5-17-38-29)30(27(23)19-26)24-9-12-25(33)13-10-24/h4-14,17-19,28,30H,3,15-16,20H2,1-2H3,(H,34,36). The minimum atomic E-state index is -0.679. The Bertz CT molecular complexity index is 1450. The molecule has 6 nitrogen and oxygen atoms in total. The van der Waals surface area contributed by atoms with E-state index in [1.807, 2.05) is 56.3 Å². The minimum Gasteiger partial charge on any atom is -0.481 e. The number of benzene rings is 3. The molecule has 1 aliphatic heterocycles. The van der Waals surface area contributed by atoms with E-state index < -0.39 is 12.1 Å². The molecule has 0 aliphatic carbocycles. The molecule has 4 aromatic rings. The molecule has 0 saturated heterocycles. The Morgan fingerprint density at radius 2 is 1.90 bits per heavy atom. The maximum Gasteiger partial charge on any atom is 0.290 e. The summed E-state index contributed by atoms with van der Waals surface area (Å²) in [5.74, 6) is -0.00653. The SMILES string of the molecule is CCC(Oc1ccc2c(c1)C(c1ccc(F)cc1)N(C(=O)c1ccco1)CC2)C(=O)NCc1cccc(C)c1. The number of amides is 2. The number of hydrogen-bond donors (Lipinski definition) is 1. The van der Waals surface area contributed by atoms with Crippen molar-refractivity contribution in [1.82, 2.24) is 10.2 Å². The van der Waals surface area contributed by atoms with Crippen molar-refractivity contribution in [1.29, 1.82) is 0 Å². The van der Waals surface area contributed by atoms with Gasteiger partial charge in [-0.05, 0) is 78.4 Å². The number of hydrogen-bond acceptors (Lipinski definition) is 4. The van der Waals surface area contributed by atoms with Crippen molar-refractivity contribution in [3.8, 4) is 5.75 Å². The Kier molecular flexibility index (Phi) is 7.77. The van der Waals surface area contributed by atoms with Gasteiger partial charge in [0.05, 0.1) is 12.3 Å². The van der Waals surface area contributed by atoms with Crippen molar-refractivity contribution in [3.05, 3.63) is 125 Å². The van der Waals surface area contributed by atoms with E-state index in [-0.39, 0.29) is 23.4 Å². The van der Waals surface area contributed by atoms with Gasteiger partial charge in [0.2, 0.25) is 0 Å². The van der Waals surface area contributed by atoms with Gasteiger partial charge in [-0.1, -0.05) is 55.0 Å². The number of carbonyl (C=O) groups excluding carboxylic acids is 2. The second-order valence-electron chi connectivity index (χ2n) is 9.76. The van der Waals surface area contributed by atoms with Crippen LogP contribution in [-0.4, -0.2) is 29.4 Å². The van der Waals surface area contributed by atoms with E-state index >= 15 is 0 Å². The summed E-state index contributed by atoms with van der Waals surface area (Å²) in [6, 6.07) is 22.8. The molecule has 0 fully saturated rings. The number of nitrogens with zero attached hydrogens (tertiary/aromatic N) is 1. The van der Waals surface area contributed by atoms with E-state index in [2.05, 4.69) is 5.32 Å². The van der Waals surface area contributed by atoms with Crippen molar-refractivity contribution < 1.29 is 23.1 Å². The second kappa shape index (κ2) is 11.6. The van der Waals surface area contributed by atoms with Gasteiger partial charge in [-0.15, -0.1) is 0 Å². The molecule has 1 aliphatic rings. The lowest BCUT2D eigenvalue weighted by molar-refractivity contribution is -0.128. The fourth-order valence-electron chi connectivity index (χ4n) is 5.04. The third-order valence-corrected chi connectivity index (χ3v) is 7.01. The molecule has 7 heteroatoms. The third kappa shape index (κ3) is 5.87. The van der Waals surface area contributed by atoms with E-state index in [9.17, 15) is 14.0 Å². The summed E-state index contributed by atoms with van der Waals surface area (Å²) in [4.78, 5) is 28.1. The number of rotatable bonds is 8. The second-order valence-corrected chi connectivity index (χ2v) is 9.76. The number of aryl methyl sites for hydroxylation is 1. The summed E-state index contributed by atoms with van der Waals surface area (Å²) in [6.45, 7) is 4.82. The van der Waals surface area contributed by atoms with E-state index in [0.29, 0.717) is 31.7 Å². The van der Waals surface area contributed by atoms with Gasteiger partial charge in [0, 0.05) is 13.1 Å². The highest BCUT2D eigenvalue weighted by molar-refractivity contribution is 5.92. The van der Waals surface area contributed by atoms with Crippen molar-refractivity contribution in [2.45, 2.75) is 45.4 Å². The number of fused-ring (bicyclic) bond motifs is 1. The van der Waals surface area contributed by atoms with Crippen LogP contribution in [0.5, 0.6) is 5.75 Å². The van der Waals surface area contributed by atoms with Gasteiger partial charge in [0.25, 0.3) is 11.8 Å². The van der Waals surface area contributed by atoms with Crippen LogP contribution in [0.25, 0.3) is 0 Å². The minimum absolute atomic E-state index is 0.193. The third-order valence-electron chi connectivity index (χ3n) is 7.01. The Labute approximate surface area is 227 Å². The smallest absolute Gasteiger partial charge is 0.290 e. The van der Waals surface area contributed by atoms with E-state index in [4.69, 9.17) is 9.15 Å². The predicted molar refractivity (Wildman–Crippen MR) is 146 cm³/mol. The average molecular weight is 527 g/mol. The largest absolute Gasteiger partial charge is 0.481 e. The van der Waals surface area contributed by atoms with Crippen LogP contribution in [0.3, 0.4) is 0 Å². The first kappa shape index (κ1) is 26.2. The lowest BCUT2D eigenvalue weighted by Crippen LogP contribution is -2.40. The molecule has 0 bridgehead atoms. The van der Waals surface area contributed by atoms with Gasteiger partial charge >= 0.3 is 0 Å². The highest BCUT2D eigenvalue weighted by Gasteiger charge is 2.34. The van der Waals surface area contributed by atoms with Crippen LogP contribution in [0, 0.1) is 12.7 Å². The zero-order valence-corrected chi connectivity index (χ0v) is 22.0. The summed E-state index contributed by atoms with van der Waals surface area (Å²) < 4.78 is 25.4. The number of halogens is 1. The Hall–Kier alpha value is -4.39. The first-order chi connectivity index (χ1) is 18.9. The quantitative estimate of drug-likeness (QED) is 0.306. The molecule has 39 heavy (non-hydrogen) atoms. The molecular formula is C32H31FN2O4. The Balaban J connectivity index is 1.40. The lowest BCUT2D eigenvalue weighted by Gasteiger charge is -2.37. The maximum absolute atomic E-state index is 13.8. The van der Waals surface area contributed by atoms with Crippen molar-refractivity contribution in [3.63, 3.8) is 0 Å². The highest BCUT2D eigenvalue weighted by Crippen LogP contribution is 2.38. The van der Waals surface area contributed by atoms with Crippen molar-refractivity contribution in [2.24, 2.45) is 0 Å². The van der Waals surface area contributed by atoms with Gasteiger partial charge in [0.15, 0.2) is 11.9 Å². The molecule has 2 atom stereocenters. The molecule has 2 unspecified atom stereocenters. The number of ether oxygens (including phenoxy) is 1. The molecule has 5 rings (SSSR count). The van der Waals surface area contributed by atoms with Gasteiger partial charge in [-0.2, -0.15) is 0 Å². The molecule has 2 heterocycles. The van der Waals surface area contributed by atoms with Crippen LogP contribution in [-0.2, 0) is 17.8 Å². The van der Waals surface area contributed by atoms with Gasteiger partial charge in [-0.25, -0.2) is 4.39 Å². The summed E-state index contributed by atoms with van der Waals surface area (Å²) in [5.41, 5.74) is 4.87. The first-order valence-corrected chi connectivity index (χ1v) is 13.2. The number of carbonyl (C=O) groups is 2. The van der Waals surface area contributed by atoms with E-state index in [1.165, 1.54) is 18.4 Å². The predicted octanol–water partition coefficient (Wildman–Crippen LogP) is 5.99. The number of furan rings is 1. The van der Waals surface area contributed by atoms with Crippen LogP contribution in [0.1, 0.15) is 57.8 Å². The zero-order chi connectivity index (χ0) is 27.4.